The maximum absolute atomic E-state index is 14.3. The van der Waals surface area contributed by atoms with Gasteiger partial charge in [0, 0.05) is 37.8 Å². The first-order chi connectivity index (χ1) is 9.50. The molecule has 2 nitrogen and oxygen atoms in total. The van der Waals surface area contributed by atoms with E-state index in [1.807, 2.05) is 6.92 Å². The zero-order valence-corrected chi connectivity index (χ0v) is 12.2. The van der Waals surface area contributed by atoms with Gasteiger partial charge in [0.15, 0.2) is 11.6 Å². The molecular formula is C16H22F2N2. The minimum Gasteiger partial charge on any atom is -0.314 e. The second-order valence-electron chi connectivity index (χ2n) is 5.56. The Balaban J connectivity index is 2.35. The molecule has 4 heteroatoms. The molecule has 1 N–H and O–H groups in total. The number of piperazine rings is 1. The Bertz CT molecular complexity index is 493. The van der Waals surface area contributed by atoms with Crippen LogP contribution in [0, 0.1) is 18.6 Å². The number of rotatable bonds is 4. The lowest BCUT2D eigenvalue weighted by Crippen LogP contribution is -2.45. The van der Waals surface area contributed by atoms with Gasteiger partial charge >= 0.3 is 0 Å². The van der Waals surface area contributed by atoms with Gasteiger partial charge in [-0.15, -0.1) is 6.58 Å². The Morgan fingerprint density at radius 3 is 2.55 bits per heavy atom. The quantitative estimate of drug-likeness (QED) is 0.852. The smallest absolute Gasteiger partial charge is 0.163 e. The van der Waals surface area contributed by atoms with Crippen molar-refractivity contribution in [1.29, 1.82) is 0 Å². The maximum Gasteiger partial charge on any atom is 0.163 e. The van der Waals surface area contributed by atoms with Crippen molar-refractivity contribution in [2.45, 2.75) is 26.3 Å². The predicted octanol–water partition coefficient (Wildman–Crippen LogP) is 3.19. The molecule has 2 rings (SSSR count). The van der Waals surface area contributed by atoms with Gasteiger partial charge in [-0.3, -0.25) is 4.90 Å². The zero-order valence-electron chi connectivity index (χ0n) is 12.2. The molecule has 0 aliphatic carbocycles. The summed E-state index contributed by atoms with van der Waals surface area (Å²) in [6.07, 6.45) is 0.652. The van der Waals surface area contributed by atoms with Crippen molar-refractivity contribution in [2.75, 3.05) is 26.2 Å². The first-order valence-electron chi connectivity index (χ1n) is 7.04. The third-order valence-corrected chi connectivity index (χ3v) is 3.80. The van der Waals surface area contributed by atoms with Crippen molar-refractivity contribution in [3.05, 3.63) is 47.0 Å². The summed E-state index contributed by atoms with van der Waals surface area (Å²) in [5.74, 6) is -1.45. The molecule has 110 valence electrons. The standard InChI is InChI=1S/C16H22F2N2/c1-11(2)10-14(20-8-6-19-7-9-20)13-5-4-12(3)15(17)16(13)18/h4-5,14,19H,1,6-10H2,2-3H3/t14-/m0/s1. The third kappa shape index (κ3) is 3.25. The molecule has 0 unspecified atom stereocenters. The summed E-state index contributed by atoms with van der Waals surface area (Å²) >= 11 is 0. The second kappa shape index (κ2) is 6.46. The number of nitrogens with zero attached hydrogens (tertiary/aromatic N) is 1. The first kappa shape index (κ1) is 15.1. The first-order valence-corrected chi connectivity index (χ1v) is 7.04. The molecule has 1 aliphatic heterocycles. The van der Waals surface area contributed by atoms with Gasteiger partial charge in [-0.25, -0.2) is 8.78 Å². The molecule has 1 atom stereocenters. The van der Waals surface area contributed by atoms with Gasteiger partial charge in [0.05, 0.1) is 0 Å². The SMILES string of the molecule is C=C(C)C[C@@H](c1ccc(C)c(F)c1F)N1CCNCC1. The summed E-state index contributed by atoms with van der Waals surface area (Å²) < 4.78 is 28.1. The van der Waals surface area contributed by atoms with Crippen molar-refractivity contribution < 1.29 is 8.78 Å². The minimum absolute atomic E-state index is 0.135. The highest BCUT2D eigenvalue weighted by atomic mass is 19.2. The second-order valence-corrected chi connectivity index (χ2v) is 5.56. The summed E-state index contributed by atoms with van der Waals surface area (Å²) in [6, 6.07) is 3.23. The van der Waals surface area contributed by atoms with Gasteiger partial charge in [0.2, 0.25) is 0 Å². The van der Waals surface area contributed by atoms with E-state index >= 15 is 0 Å². The normalized spacial score (nSPS) is 18.0. The molecule has 0 aromatic heterocycles. The van der Waals surface area contributed by atoms with E-state index in [0.29, 0.717) is 17.5 Å². The van der Waals surface area contributed by atoms with Crippen molar-refractivity contribution in [1.82, 2.24) is 10.2 Å². The molecule has 1 saturated heterocycles. The van der Waals surface area contributed by atoms with Crippen LogP contribution < -0.4 is 5.32 Å². The van der Waals surface area contributed by atoms with Crippen molar-refractivity contribution in [3.8, 4) is 0 Å². The summed E-state index contributed by atoms with van der Waals surface area (Å²) in [7, 11) is 0. The van der Waals surface area contributed by atoms with Crippen LogP contribution in [0.15, 0.2) is 24.3 Å². The van der Waals surface area contributed by atoms with Crippen LogP contribution in [0.5, 0.6) is 0 Å². The van der Waals surface area contributed by atoms with Crippen LogP contribution in [0.25, 0.3) is 0 Å². The van der Waals surface area contributed by atoms with Crippen LogP contribution in [0.4, 0.5) is 8.78 Å². The number of hydrogen-bond donors (Lipinski definition) is 1. The molecule has 1 heterocycles. The summed E-state index contributed by atoms with van der Waals surface area (Å²) in [6.45, 7) is 10.9. The van der Waals surface area contributed by atoms with Gasteiger partial charge in [0.25, 0.3) is 0 Å². The Morgan fingerprint density at radius 1 is 1.30 bits per heavy atom. The van der Waals surface area contributed by atoms with E-state index in [1.54, 1.807) is 19.1 Å². The fraction of sp³-hybridized carbons (Fsp3) is 0.500. The molecule has 1 aromatic carbocycles. The van der Waals surface area contributed by atoms with Gasteiger partial charge in [-0.2, -0.15) is 0 Å². The Labute approximate surface area is 119 Å². The Kier molecular flexibility index (Phi) is 4.89. The molecule has 1 fully saturated rings. The van der Waals surface area contributed by atoms with E-state index in [1.165, 1.54) is 0 Å². The fourth-order valence-corrected chi connectivity index (χ4v) is 2.68. The van der Waals surface area contributed by atoms with E-state index in [0.717, 1.165) is 31.8 Å². The molecule has 0 saturated carbocycles. The average molecular weight is 280 g/mol. The van der Waals surface area contributed by atoms with Crippen LogP contribution in [0.1, 0.15) is 30.5 Å². The molecular weight excluding hydrogens is 258 g/mol. The predicted molar refractivity (Wildman–Crippen MR) is 77.7 cm³/mol. The average Bonchev–Trinajstić information content (AvgIpc) is 2.44. The third-order valence-electron chi connectivity index (χ3n) is 3.80. The number of halogens is 2. The van der Waals surface area contributed by atoms with Crippen LogP contribution in [-0.2, 0) is 0 Å². The number of benzene rings is 1. The topological polar surface area (TPSA) is 15.3 Å². The van der Waals surface area contributed by atoms with Gasteiger partial charge in [-0.05, 0) is 25.8 Å². The molecule has 0 amide bonds. The zero-order chi connectivity index (χ0) is 14.7. The van der Waals surface area contributed by atoms with Crippen LogP contribution in [0.2, 0.25) is 0 Å². The van der Waals surface area contributed by atoms with Gasteiger partial charge in [-0.1, -0.05) is 17.7 Å². The van der Waals surface area contributed by atoms with Crippen molar-refractivity contribution in [3.63, 3.8) is 0 Å². The minimum atomic E-state index is -0.732. The molecule has 0 radical (unpaired) electrons. The lowest BCUT2D eigenvalue weighted by atomic mass is 9.96. The molecule has 1 aromatic rings. The largest absolute Gasteiger partial charge is 0.314 e. The van der Waals surface area contributed by atoms with Crippen molar-refractivity contribution in [2.24, 2.45) is 0 Å². The molecule has 1 aliphatic rings. The van der Waals surface area contributed by atoms with Crippen LogP contribution in [-0.4, -0.2) is 31.1 Å². The van der Waals surface area contributed by atoms with Crippen LogP contribution in [0.3, 0.4) is 0 Å². The van der Waals surface area contributed by atoms with E-state index in [2.05, 4.69) is 16.8 Å². The number of hydrogen-bond acceptors (Lipinski definition) is 2. The highest BCUT2D eigenvalue weighted by Crippen LogP contribution is 2.31. The highest BCUT2D eigenvalue weighted by Gasteiger charge is 2.26. The Hall–Kier alpha value is -1.26. The van der Waals surface area contributed by atoms with E-state index < -0.39 is 11.6 Å². The number of nitrogens with one attached hydrogen (secondary N) is 1. The van der Waals surface area contributed by atoms with Gasteiger partial charge in [0.1, 0.15) is 0 Å². The van der Waals surface area contributed by atoms with Crippen LogP contribution >= 0.6 is 0 Å². The summed E-state index contributed by atoms with van der Waals surface area (Å²) in [5.41, 5.74) is 1.77. The number of aryl methyl sites for hydroxylation is 1. The van der Waals surface area contributed by atoms with E-state index in [9.17, 15) is 8.78 Å². The summed E-state index contributed by atoms with van der Waals surface area (Å²) in [5, 5.41) is 3.28. The van der Waals surface area contributed by atoms with E-state index in [-0.39, 0.29) is 6.04 Å². The fourth-order valence-electron chi connectivity index (χ4n) is 2.68. The summed E-state index contributed by atoms with van der Waals surface area (Å²) in [4.78, 5) is 2.21. The molecule has 0 bridgehead atoms. The molecule has 0 spiro atoms. The molecule has 20 heavy (non-hydrogen) atoms. The van der Waals surface area contributed by atoms with E-state index in [4.69, 9.17) is 0 Å². The lowest BCUT2D eigenvalue weighted by Gasteiger charge is -2.35. The highest BCUT2D eigenvalue weighted by molar-refractivity contribution is 5.29. The maximum atomic E-state index is 14.3. The lowest BCUT2D eigenvalue weighted by molar-refractivity contribution is 0.168. The monoisotopic (exact) mass is 280 g/mol. The van der Waals surface area contributed by atoms with Gasteiger partial charge < -0.3 is 5.32 Å². The Morgan fingerprint density at radius 2 is 1.95 bits per heavy atom. The van der Waals surface area contributed by atoms with Crippen molar-refractivity contribution >= 4 is 0 Å².